The molecule has 262 valence electrons. The van der Waals surface area contributed by atoms with Gasteiger partial charge in [-0.15, -0.1) is 6.58 Å². The van der Waals surface area contributed by atoms with Crippen LogP contribution in [0.25, 0.3) is 6.08 Å². The van der Waals surface area contributed by atoms with Crippen molar-refractivity contribution >= 4 is 40.9 Å². The van der Waals surface area contributed by atoms with E-state index in [1.165, 1.54) is 5.01 Å². The molecule has 1 aromatic rings. The minimum atomic E-state index is -1.10. The van der Waals surface area contributed by atoms with Crippen molar-refractivity contribution in [3.63, 3.8) is 0 Å². The van der Waals surface area contributed by atoms with Gasteiger partial charge >= 0.3 is 5.97 Å². The first kappa shape index (κ1) is 40.0. The van der Waals surface area contributed by atoms with Gasteiger partial charge in [0.05, 0.1) is 12.0 Å². The van der Waals surface area contributed by atoms with Crippen LogP contribution in [0.2, 0.25) is 0 Å². The van der Waals surface area contributed by atoms with Gasteiger partial charge < -0.3 is 15.4 Å². The normalized spacial score (nSPS) is 19.0. The lowest BCUT2D eigenvalue weighted by molar-refractivity contribution is -0.165. The number of carbonyl (C=O) groups is 4. The van der Waals surface area contributed by atoms with Crippen molar-refractivity contribution in [2.24, 2.45) is 11.8 Å². The number of benzene rings is 1. The molecular weight excluding hydrogens is 616 g/mol. The number of carbonyl (C=O) groups excluding carboxylic acids is 4. The van der Waals surface area contributed by atoms with Gasteiger partial charge in [0, 0.05) is 6.54 Å². The number of allylic oxidation sites excluding steroid dienone is 1. The fourth-order valence-electron chi connectivity index (χ4n) is 4.95. The van der Waals surface area contributed by atoms with Gasteiger partial charge in [0.25, 0.3) is 11.8 Å². The molecule has 0 aliphatic carbocycles. The van der Waals surface area contributed by atoms with Crippen LogP contribution in [0.3, 0.4) is 0 Å². The summed E-state index contributed by atoms with van der Waals surface area (Å²) in [5.41, 5.74) is 4.95. The molecule has 0 bridgehead atoms. The SMILES string of the molecule is C=CCC[C@@H](O[S+](C)C(C)(C)C)[C@@H](C)C(=O)O[C@H](C(=O)N[C@@H](C)C(=O)N1CCC[C@@H](C(=O)N[C@H](C)c2cccc(C=C)c2)N1)C(C)C. The third-order valence-electron chi connectivity index (χ3n) is 8.33. The average molecular weight is 674 g/mol. The first-order valence-corrected chi connectivity index (χ1v) is 18.1. The van der Waals surface area contributed by atoms with Gasteiger partial charge in [-0.3, -0.25) is 24.2 Å². The lowest BCUT2D eigenvalue weighted by atomic mass is 10.00. The van der Waals surface area contributed by atoms with Crippen LogP contribution in [0.5, 0.6) is 0 Å². The summed E-state index contributed by atoms with van der Waals surface area (Å²) in [5, 5.41) is 7.14. The van der Waals surface area contributed by atoms with Crippen LogP contribution in [0.1, 0.15) is 98.2 Å². The summed E-state index contributed by atoms with van der Waals surface area (Å²) in [5.74, 6) is -2.66. The maximum Gasteiger partial charge on any atom is 0.312 e. The lowest BCUT2D eigenvalue weighted by Crippen LogP contribution is -2.61. The highest BCUT2D eigenvalue weighted by atomic mass is 32.2. The third-order valence-corrected chi connectivity index (χ3v) is 10.6. The summed E-state index contributed by atoms with van der Waals surface area (Å²) in [6, 6.07) is 6.00. The van der Waals surface area contributed by atoms with Gasteiger partial charge in [0.15, 0.2) is 10.9 Å². The van der Waals surface area contributed by atoms with Gasteiger partial charge in [0.2, 0.25) is 5.91 Å². The molecule has 0 saturated carbocycles. The zero-order chi connectivity index (χ0) is 35.5. The zero-order valence-electron chi connectivity index (χ0n) is 29.8. The average Bonchev–Trinajstić information content (AvgIpc) is 3.03. The van der Waals surface area contributed by atoms with E-state index in [0.29, 0.717) is 32.2 Å². The highest BCUT2D eigenvalue weighted by Crippen LogP contribution is 2.26. The van der Waals surface area contributed by atoms with E-state index >= 15 is 0 Å². The maximum absolute atomic E-state index is 13.4. The molecule has 2 rings (SSSR count). The molecule has 10 nitrogen and oxygen atoms in total. The van der Waals surface area contributed by atoms with Crippen LogP contribution in [0.4, 0.5) is 0 Å². The van der Waals surface area contributed by atoms with Crippen molar-refractivity contribution in [2.45, 2.75) is 116 Å². The Balaban J connectivity index is 2.02. The summed E-state index contributed by atoms with van der Waals surface area (Å²) >= 11 is -0.421. The monoisotopic (exact) mass is 673 g/mol. The molecular formula is C36H57N4O6S+. The Labute approximate surface area is 285 Å². The Bertz CT molecular complexity index is 1250. The van der Waals surface area contributed by atoms with Gasteiger partial charge in [-0.25, -0.2) is 5.43 Å². The van der Waals surface area contributed by atoms with Crippen LogP contribution >= 0.6 is 0 Å². The maximum atomic E-state index is 13.4. The second kappa shape index (κ2) is 18.4. The van der Waals surface area contributed by atoms with E-state index in [1.54, 1.807) is 39.8 Å². The first-order valence-electron chi connectivity index (χ1n) is 16.5. The number of nitrogens with zero attached hydrogens (tertiary/aromatic N) is 1. The topological polar surface area (TPSA) is 126 Å². The fraction of sp³-hybridized carbons (Fsp3) is 0.611. The van der Waals surface area contributed by atoms with Crippen LogP contribution in [-0.2, 0) is 39.3 Å². The first-order chi connectivity index (χ1) is 22.0. The quantitative estimate of drug-likeness (QED) is 0.128. The minimum Gasteiger partial charge on any atom is -0.452 e. The molecule has 0 aromatic heterocycles. The van der Waals surface area contributed by atoms with E-state index in [4.69, 9.17) is 8.92 Å². The standard InChI is InChI=1S/C36H56N4O6S/c1-12-14-20-30(46-47(11)36(8,9)10)24(5)35(44)45-31(23(3)4)33(42)38-26(7)34(43)40-21-16-19-29(39-40)32(41)37-25(6)28-18-15-17-27(13-2)22-28/h12-13,15,17-18,22-26,29-31,39H,1-2,14,16,19-21H2,3-11H3,(H-,37,38,41,42)/p+1/t24-,25-,26+,29+,30-,31+,47?/m1/s1. The second-order valence-electron chi connectivity index (χ2n) is 13.6. The van der Waals surface area contributed by atoms with Crippen molar-refractivity contribution in [1.82, 2.24) is 21.1 Å². The summed E-state index contributed by atoms with van der Waals surface area (Å²) in [4.78, 5) is 53.2. The molecule has 3 amide bonds. The lowest BCUT2D eigenvalue weighted by Gasteiger charge is -2.35. The predicted molar refractivity (Wildman–Crippen MR) is 190 cm³/mol. The fourth-order valence-corrected chi connectivity index (χ4v) is 5.87. The third kappa shape index (κ3) is 12.1. The van der Waals surface area contributed by atoms with Gasteiger partial charge in [-0.05, 0) is 90.3 Å². The predicted octanol–water partition coefficient (Wildman–Crippen LogP) is 5.02. The Hall–Kier alpha value is -3.15. The molecule has 1 aromatic carbocycles. The van der Waals surface area contributed by atoms with E-state index in [-0.39, 0.29) is 28.5 Å². The number of hydrogen-bond acceptors (Lipinski definition) is 7. The van der Waals surface area contributed by atoms with Crippen molar-refractivity contribution in [1.29, 1.82) is 0 Å². The van der Waals surface area contributed by atoms with Gasteiger partial charge in [0.1, 0.15) is 35.6 Å². The molecule has 1 saturated heterocycles. The smallest absolute Gasteiger partial charge is 0.312 e. The molecule has 1 fully saturated rings. The van der Waals surface area contributed by atoms with Crippen molar-refractivity contribution in [2.75, 3.05) is 12.8 Å². The van der Waals surface area contributed by atoms with Crippen LogP contribution < -0.4 is 16.1 Å². The Morgan fingerprint density at radius 3 is 2.38 bits per heavy atom. The van der Waals surface area contributed by atoms with Crippen molar-refractivity contribution < 1.29 is 28.1 Å². The molecule has 3 N–H and O–H groups in total. The van der Waals surface area contributed by atoms with E-state index in [2.05, 4.69) is 50.0 Å². The van der Waals surface area contributed by atoms with E-state index < -0.39 is 53.3 Å². The number of amides is 3. The number of hydrogen-bond donors (Lipinski definition) is 3. The second-order valence-corrected chi connectivity index (χ2v) is 15.9. The Kier molecular flexibility index (Phi) is 15.7. The molecule has 11 heteroatoms. The molecule has 0 spiro atoms. The van der Waals surface area contributed by atoms with Crippen LogP contribution in [-0.4, -0.2) is 70.5 Å². The molecule has 47 heavy (non-hydrogen) atoms. The summed E-state index contributed by atoms with van der Waals surface area (Å²) < 4.78 is 12.0. The Morgan fingerprint density at radius 1 is 1.11 bits per heavy atom. The molecule has 7 atom stereocenters. The highest BCUT2D eigenvalue weighted by Gasteiger charge is 2.40. The Morgan fingerprint density at radius 2 is 1.79 bits per heavy atom. The van der Waals surface area contributed by atoms with Gasteiger partial charge in [-0.1, -0.05) is 50.8 Å². The number of rotatable bonds is 16. The van der Waals surface area contributed by atoms with E-state index in [9.17, 15) is 19.2 Å². The van der Waals surface area contributed by atoms with Crippen molar-refractivity contribution in [3.05, 3.63) is 54.6 Å². The minimum absolute atomic E-state index is 0.0947. The van der Waals surface area contributed by atoms with Crippen LogP contribution in [0, 0.1) is 11.8 Å². The number of hydrazine groups is 1. The summed E-state index contributed by atoms with van der Waals surface area (Å²) in [6.07, 6.45) is 6.50. The molecule has 1 unspecified atom stereocenters. The summed E-state index contributed by atoms with van der Waals surface area (Å²) in [7, 11) is 0. The molecule has 1 aliphatic heterocycles. The number of ether oxygens (including phenoxy) is 1. The number of esters is 1. The molecule has 1 heterocycles. The van der Waals surface area contributed by atoms with E-state index in [1.807, 2.05) is 37.4 Å². The summed E-state index contributed by atoms with van der Waals surface area (Å²) in [6.45, 7) is 23.1. The molecule has 1 aliphatic rings. The highest BCUT2D eigenvalue weighted by molar-refractivity contribution is 7.93. The van der Waals surface area contributed by atoms with Gasteiger partial charge in [-0.2, -0.15) is 4.18 Å². The van der Waals surface area contributed by atoms with Crippen molar-refractivity contribution in [3.8, 4) is 0 Å². The largest absolute Gasteiger partial charge is 0.452 e. The zero-order valence-corrected chi connectivity index (χ0v) is 30.6. The van der Waals surface area contributed by atoms with Crippen LogP contribution in [0.15, 0.2) is 43.5 Å². The molecule has 0 radical (unpaired) electrons. The number of nitrogens with one attached hydrogen (secondary N) is 3. The van der Waals surface area contributed by atoms with E-state index in [0.717, 1.165) is 11.1 Å².